The summed E-state index contributed by atoms with van der Waals surface area (Å²) in [5, 5.41) is 12.6. The highest BCUT2D eigenvalue weighted by Gasteiger charge is 2.53. The third-order valence-electron chi connectivity index (χ3n) is 4.56. The number of nitriles is 1. The third kappa shape index (κ3) is 1.69. The van der Waals surface area contributed by atoms with E-state index in [4.69, 9.17) is 5.26 Å². The van der Waals surface area contributed by atoms with Gasteiger partial charge < -0.3 is 5.32 Å². The number of nitrogens with one attached hydrogen (secondary N) is 1. The van der Waals surface area contributed by atoms with Crippen LogP contribution in [0.25, 0.3) is 0 Å². The molecule has 0 radical (unpaired) electrons. The first kappa shape index (κ1) is 11.5. The monoisotopic (exact) mass is 261 g/mol. The van der Waals surface area contributed by atoms with E-state index < -0.39 is 0 Å². The third-order valence-corrected chi connectivity index (χ3v) is 4.56. The molecule has 98 valence electrons. The summed E-state index contributed by atoms with van der Waals surface area (Å²) in [5.41, 5.74) is 3.60. The normalized spacial score (nSPS) is 26.1. The van der Waals surface area contributed by atoms with E-state index in [9.17, 15) is 0 Å². The van der Waals surface area contributed by atoms with E-state index >= 15 is 0 Å². The molecule has 1 saturated carbocycles. The number of rotatable bonds is 2. The summed E-state index contributed by atoms with van der Waals surface area (Å²) < 4.78 is 0. The molecule has 1 heterocycles. The van der Waals surface area contributed by atoms with Crippen LogP contribution in [0.2, 0.25) is 0 Å². The lowest BCUT2D eigenvalue weighted by Crippen LogP contribution is -2.08. The number of aryl methyl sites for hydroxylation is 1. The van der Waals surface area contributed by atoms with Gasteiger partial charge in [-0.25, -0.2) is 4.98 Å². The highest BCUT2D eigenvalue weighted by molar-refractivity contribution is 5.55. The average Bonchev–Trinajstić information content (AvgIpc) is 3.21. The molecule has 0 bridgehead atoms. The van der Waals surface area contributed by atoms with Gasteiger partial charge in [0.2, 0.25) is 0 Å². The van der Waals surface area contributed by atoms with Crippen molar-refractivity contribution in [3.8, 4) is 6.07 Å². The number of hydrogen-bond acceptors (Lipinski definition) is 3. The lowest BCUT2D eigenvalue weighted by Gasteiger charge is -2.13. The summed E-state index contributed by atoms with van der Waals surface area (Å²) in [4.78, 5) is 4.31. The number of hydrogen-bond donors (Lipinski definition) is 1. The van der Waals surface area contributed by atoms with Crippen molar-refractivity contribution < 1.29 is 0 Å². The number of anilines is 1. The minimum Gasteiger partial charge on any atom is -0.365 e. The fourth-order valence-electron chi connectivity index (χ4n) is 3.53. The number of fused-ring (bicyclic) bond motifs is 3. The zero-order valence-corrected chi connectivity index (χ0v) is 11.1. The second-order valence-electron chi connectivity index (χ2n) is 5.61. The van der Waals surface area contributed by atoms with Gasteiger partial charge in [0.05, 0.1) is 5.56 Å². The maximum atomic E-state index is 9.14. The Bertz CT molecular complexity index is 701. The molecule has 2 aliphatic carbocycles. The molecule has 0 saturated heterocycles. The molecule has 0 amide bonds. The van der Waals surface area contributed by atoms with Gasteiger partial charge >= 0.3 is 0 Å². The number of nitrogens with zero attached hydrogens (tertiary/aromatic N) is 2. The Morgan fingerprint density at radius 1 is 1.20 bits per heavy atom. The minimum absolute atomic E-state index is 0.431. The van der Waals surface area contributed by atoms with Crippen molar-refractivity contribution in [2.24, 2.45) is 5.92 Å². The molecule has 1 N–H and O–H groups in total. The van der Waals surface area contributed by atoms with Crippen LogP contribution in [0.15, 0.2) is 42.6 Å². The number of pyridine rings is 1. The molecular weight excluding hydrogens is 246 g/mol. The maximum absolute atomic E-state index is 9.14. The van der Waals surface area contributed by atoms with E-state index in [0.717, 1.165) is 5.82 Å². The molecule has 4 rings (SSSR count). The van der Waals surface area contributed by atoms with E-state index in [1.807, 2.05) is 6.07 Å². The Kier molecular flexibility index (Phi) is 2.50. The van der Waals surface area contributed by atoms with Crippen LogP contribution in [0, 0.1) is 17.2 Å². The minimum atomic E-state index is 0.431. The summed E-state index contributed by atoms with van der Waals surface area (Å²) in [6, 6.07) is 15.0. The summed E-state index contributed by atoms with van der Waals surface area (Å²) in [7, 11) is 0. The second kappa shape index (κ2) is 4.35. The van der Waals surface area contributed by atoms with Gasteiger partial charge in [0, 0.05) is 18.2 Å². The molecular formula is C17H15N3. The molecule has 1 aromatic heterocycles. The Morgan fingerprint density at radius 3 is 3.00 bits per heavy atom. The molecule has 3 nitrogen and oxygen atoms in total. The van der Waals surface area contributed by atoms with Crippen molar-refractivity contribution in [1.29, 1.82) is 5.26 Å². The van der Waals surface area contributed by atoms with Gasteiger partial charge in [0.1, 0.15) is 11.9 Å². The van der Waals surface area contributed by atoms with Crippen molar-refractivity contribution in [2.75, 3.05) is 5.32 Å². The zero-order chi connectivity index (χ0) is 13.5. The molecule has 20 heavy (non-hydrogen) atoms. The van der Waals surface area contributed by atoms with Crippen LogP contribution in [0.3, 0.4) is 0 Å². The van der Waals surface area contributed by atoms with Gasteiger partial charge in [-0.05, 0) is 42.0 Å². The molecule has 1 aromatic carbocycles. The summed E-state index contributed by atoms with van der Waals surface area (Å²) in [6.07, 6.45) is 4.14. The van der Waals surface area contributed by atoms with E-state index in [1.165, 1.54) is 24.0 Å². The Morgan fingerprint density at radius 2 is 2.10 bits per heavy atom. The quantitative estimate of drug-likeness (QED) is 0.903. The Balaban J connectivity index is 1.61. The lowest BCUT2D eigenvalue weighted by atomic mass is 9.92. The number of benzene rings is 1. The summed E-state index contributed by atoms with van der Waals surface area (Å²) in [6.45, 7) is 0. The van der Waals surface area contributed by atoms with Gasteiger partial charge in [0.15, 0.2) is 0 Å². The van der Waals surface area contributed by atoms with Crippen molar-refractivity contribution >= 4 is 5.82 Å². The van der Waals surface area contributed by atoms with Crippen molar-refractivity contribution in [3.05, 3.63) is 59.3 Å². The van der Waals surface area contributed by atoms with Gasteiger partial charge in [-0.2, -0.15) is 5.26 Å². The summed E-state index contributed by atoms with van der Waals surface area (Å²) in [5.74, 6) is 2.01. The van der Waals surface area contributed by atoms with E-state index in [1.54, 1.807) is 12.3 Å². The van der Waals surface area contributed by atoms with Crippen LogP contribution in [-0.4, -0.2) is 11.0 Å². The van der Waals surface area contributed by atoms with Gasteiger partial charge in [-0.1, -0.05) is 24.3 Å². The van der Waals surface area contributed by atoms with E-state index in [2.05, 4.69) is 40.6 Å². The Hall–Kier alpha value is -2.34. The predicted molar refractivity (Wildman–Crippen MR) is 77.4 cm³/mol. The Labute approximate surface area is 118 Å². The van der Waals surface area contributed by atoms with Crippen molar-refractivity contribution in [3.63, 3.8) is 0 Å². The predicted octanol–water partition coefficient (Wildman–Crippen LogP) is 3.09. The van der Waals surface area contributed by atoms with Crippen LogP contribution < -0.4 is 5.32 Å². The fourth-order valence-corrected chi connectivity index (χ4v) is 3.53. The van der Waals surface area contributed by atoms with E-state index in [0.29, 0.717) is 23.4 Å². The summed E-state index contributed by atoms with van der Waals surface area (Å²) >= 11 is 0. The topological polar surface area (TPSA) is 48.7 Å². The molecule has 2 aromatic rings. The lowest BCUT2D eigenvalue weighted by molar-refractivity contribution is 0.661. The molecule has 3 unspecified atom stereocenters. The standard InChI is InChI=1S/C17H15N3/c18-10-12-5-3-9-19-17(12)20-16-14-8-7-11-4-1-2-6-13(11)15(14)16/h1-6,9,14-16H,7-8H2,(H,19,20). The smallest absolute Gasteiger partial charge is 0.144 e. The SMILES string of the molecule is N#Cc1cccnc1NC1C2CCc3ccccc3C21. The first-order valence-corrected chi connectivity index (χ1v) is 7.08. The average molecular weight is 261 g/mol. The second-order valence-corrected chi connectivity index (χ2v) is 5.61. The van der Waals surface area contributed by atoms with Crippen LogP contribution in [-0.2, 0) is 6.42 Å². The fraction of sp³-hybridized carbons (Fsp3) is 0.294. The van der Waals surface area contributed by atoms with Crippen molar-refractivity contribution in [2.45, 2.75) is 24.8 Å². The highest BCUT2D eigenvalue weighted by atomic mass is 15.1. The number of aromatic nitrogens is 1. The van der Waals surface area contributed by atoms with Gasteiger partial charge in [0.25, 0.3) is 0 Å². The van der Waals surface area contributed by atoms with Crippen LogP contribution in [0.1, 0.15) is 29.0 Å². The zero-order valence-electron chi connectivity index (χ0n) is 11.1. The van der Waals surface area contributed by atoms with E-state index in [-0.39, 0.29) is 0 Å². The molecule has 3 atom stereocenters. The van der Waals surface area contributed by atoms with Crippen molar-refractivity contribution in [1.82, 2.24) is 4.98 Å². The van der Waals surface area contributed by atoms with Gasteiger partial charge in [-0.15, -0.1) is 0 Å². The first-order chi connectivity index (χ1) is 9.88. The largest absolute Gasteiger partial charge is 0.365 e. The molecule has 0 aliphatic heterocycles. The van der Waals surface area contributed by atoms with Crippen LogP contribution in [0.4, 0.5) is 5.82 Å². The molecule has 2 aliphatic rings. The molecule has 0 spiro atoms. The molecule has 3 heteroatoms. The maximum Gasteiger partial charge on any atom is 0.144 e. The van der Waals surface area contributed by atoms with Gasteiger partial charge in [-0.3, -0.25) is 0 Å². The highest BCUT2D eigenvalue weighted by Crippen LogP contribution is 2.55. The first-order valence-electron chi connectivity index (χ1n) is 7.08. The van der Waals surface area contributed by atoms with Crippen LogP contribution >= 0.6 is 0 Å². The van der Waals surface area contributed by atoms with Crippen LogP contribution in [0.5, 0.6) is 0 Å². The molecule has 1 fully saturated rings.